The van der Waals surface area contributed by atoms with Gasteiger partial charge in [0.2, 0.25) is 0 Å². The van der Waals surface area contributed by atoms with Gasteiger partial charge in [0.15, 0.2) is 0 Å². The average molecular weight is 332 g/mol. The molecule has 9 heteroatoms. The molecule has 0 amide bonds. The highest BCUT2D eigenvalue weighted by atomic mass is 35.5. The molecular weight excluding hydrogens is 316 g/mol. The maximum absolute atomic E-state index is 13.1. The fraction of sp³-hybridized carbons (Fsp3) is 0.600. The summed E-state index contributed by atoms with van der Waals surface area (Å²) in [5.74, 6) is 0. The summed E-state index contributed by atoms with van der Waals surface area (Å²) in [4.78, 5) is 12.2. The molecule has 2 heterocycles. The molecule has 19 heavy (non-hydrogen) atoms. The van der Waals surface area contributed by atoms with E-state index in [4.69, 9.17) is 0 Å². The number of thiophene rings is 1. The Hall–Kier alpha value is -0.470. The van der Waals surface area contributed by atoms with E-state index in [1.54, 1.807) is 5.38 Å². The first-order valence-corrected chi connectivity index (χ1v) is 6.34. The van der Waals surface area contributed by atoms with E-state index < -0.39 is 11.6 Å². The third-order valence-electron chi connectivity index (χ3n) is 2.91. The molecule has 1 aromatic rings. The largest absolute Gasteiger partial charge is 0.324 e. The molecule has 1 aliphatic heterocycles. The van der Waals surface area contributed by atoms with Crippen LogP contribution in [0.4, 0.5) is 9.39 Å². The molecule has 0 unspecified atom stereocenters. The highest BCUT2D eigenvalue weighted by Crippen LogP contribution is 2.30. The molecule has 1 aliphatic rings. The quantitative estimate of drug-likeness (QED) is 0.680. The van der Waals surface area contributed by atoms with Gasteiger partial charge in [0.05, 0.1) is 11.0 Å². The van der Waals surface area contributed by atoms with Gasteiger partial charge in [0, 0.05) is 37.6 Å². The molecule has 1 N–H and O–H groups in total. The van der Waals surface area contributed by atoms with E-state index in [2.05, 4.69) is 5.32 Å². The van der Waals surface area contributed by atoms with Crippen molar-refractivity contribution in [2.75, 3.05) is 32.9 Å². The maximum Gasteiger partial charge on any atom is 0.324 e. The molecule has 0 aromatic carbocycles. The van der Waals surface area contributed by atoms with Crippen molar-refractivity contribution in [1.29, 1.82) is 0 Å². The van der Waals surface area contributed by atoms with Gasteiger partial charge in [-0.05, 0) is 5.56 Å². The summed E-state index contributed by atoms with van der Waals surface area (Å²) in [6.07, 6.45) is 0. The van der Waals surface area contributed by atoms with Crippen LogP contribution >= 0.6 is 36.2 Å². The fourth-order valence-electron chi connectivity index (χ4n) is 2.00. The fourth-order valence-corrected chi connectivity index (χ4v) is 2.77. The second kappa shape index (κ2) is 8.65. The number of nitro groups is 1. The predicted octanol–water partition coefficient (Wildman–Crippen LogP) is 2.42. The molecule has 0 bridgehead atoms. The van der Waals surface area contributed by atoms with Crippen LogP contribution in [0.2, 0.25) is 0 Å². The van der Waals surface area contributed by atoms with Gasteiger partial charge in [-0.1, -0.05) is 11.3 Å². The number of halogens is 3. The van der Waals surface area contributed by atoms with E-state index in [9.17, 15) is 14.5 Å². The molecule has 5 nitrogen and oxygen atoms in total. The number of rotatable bonds is 4. The second-order valence-corrected chi connectivity index (χ2v) is 4.82. The van der Waals surface area contributed by atoms with E-state index in [-0.39, 0.29) is 35.9 Å². The van der Waals surface area contributed by atoms with Crippen molar-refractivity contribution in [2.45, 2.75) is 6.04 Å². The van der Waals surface area contributed by atoms with Crippen LogP contribution < -0.4 is 5.32 Å². The van der Waals surface area contributed by atoms with Gasteiger partial charge < -0.3 is 5.32 Å². The molecule has 1 atom stereocenters. The van der Waals surface area contributed by atoms with Gasteiger partial charge in [-0.25, -0.2) is 4.39 Å². The van der Waals surface area contributed by atoms with Crippen molar-refractivity contribution < 1.29 is 9.31 Å². The second-order valence-electron chi connectivity index (χ2n) is 3.93. The summed E-state index contributed by atoms with van der Waals surface area (Å²) in [6, 6.07) is 1.14. The van der Waals surface area contributed by atoms with E-state index in [0.717, 1.165) is 37.5 Å². The van der Waals surface area contributed by atoms with Crippen molar-refractivity contribution in [3.05, 3.63) is 27.1 Å². The zero-order valence-corrected chi connectivity index (χ0v) is 12.5. The Morgan fingerprint density at radius 3 is 2.58 bits per heavy atom. The first kappa shape index (κ1) is 18.5. The summed E-state index contributed by atoms with van der Waals surface area (Å²) in [5, 5.41) is 15.6. The Morgan fingerprint density at radius 2 is 2.11 bits per heavy atom. The minimum atomic E-state index is -0.506. The van der Waals surface area contributed by atoms with Gasteiger partial charge in [-0.3, -0.25) is 15.0 Å². The predicted molar refractivity (Wildman–Crippen MR) is 78.6 cm³/mol. The van der Waals surface area contributed by atoms with Gasteiger partial charge in [-0.15, -0.1) is 24.8 Å². The van der Waals surface area contributed by atoms with Crippen LogP contribution in [0, 0.1) is 10.1 Å². The zero-order valence-electron chi connectivity index (χ0n) is 10.1. The highest BCUT2D eigenvalue weighted by Gasteiger charge is 2.24. The van der Waals surface area contributed by atoms with Crippen molar-refractivity contribution in [2.24, 2.45) is 0 Å². The van der Waals surface area contributed by atoms with Crippen LogP contribution in [0.15, 0.2) is 11.4 Å². The lowest BCUT2D eigenvalue weighted by molar-refractivity contribution is -0.380. The molecule has 1 saturated heterocycles. The lowest BCUT2D eigenvalue weighted by atomic mass is 10.1. The van der Waals surface area contributed by atoms with Crippen LogP contribution in [-0.2, 0) is 0 Å². The molecule has 1 fully saturated rings. The Balaban J connectivity index is 0.00000162. The number of nitrogens with zero attached hydrogens (tertiary/aromatic N) is 2. The van der Waals surface area contributed by atoms with Crippen molar-refractivity contribution in [1.82, 2.24) is 10.2 Å². The molecular formula is C10H16Cl2FN3O2S. The van der Waals surface area contributed by atoms with Gasteiger partial charge in [0.25, 0.3) is 0 Å². The lowest BCUT2D eigenvalue weighted by Crippen LogP contribution is -2.45. The van der Waals surface area contributed by atoms with Crippen LogP contribution in [0.3, 0.4) is 0 Å². The SMILES string of the molecule is Cl.Cl.O=[N+]([O-])c1cc([C@H](CF)N2CCNCC2)cs1. The van der Waals surface area contributed by atoms with Crippen LogP contribution in [0.5, 0.6) is 0 Å². The van der Waals surface area contributed by atoms with Crippen molar-refractivity contribution >= 4 is 41.2 Å². The minimum Gasteiger partial charge on any atom is -0.314 e. The maximum atomic E-state index is 13.1. The van der Waals surface area contributed by atoms with E-state index in [0.29, 0.717) is 5.56 Å². The van der Waals surface area contributed by atoms with Gasteiger partial charge >= 0.3 is 5.00 Å². The summed E-state index contributed by atoms with van der Waals surface area (Å²) in [5.41, 5.74) is 0.714. The van der Waals surface area contributed by atoms with Crippen LogP contribution in [0.1, 0.15) is 11.6 Å². The first-order valence-electron chi connectivity index (χ1n) is 5.46. The number of hydrogen-bond acceptors (Lipinski definition) is 5. The van der Waals surface area contributed by atoms with Crippen LogP contribution in [0.25, 0.3) is 0 Å². The van der Waals surface area contributed by atoms with Crippen molar-refractivity contribution in [3.63, 3.8) is 0 Å². The Bertz CT molecular complexity index is 402. The number of alkyl halides is 1. The lowest BCUT2D eigenvalue weighted by Gasteiger charge is -2.32. The topological polar surface area (TPSA) is 58.4 Å². The third-order valence-corrected chi connectivity index (χ3v) is 3.81. The highest BCUT2D eigenvalue weighted by molar-refractivity contribution is 7.13. The van der Waals surface area contributed by atoms with Gasteiger partial charge in [0.1, 0.15) is 6.67 Å². The summed E-state index contributed by atoms with van der Waals surface area (Å²) in [7, 11) is 0. The summed E-state index contributed by atoms with van der Waals surface area (Å²) < 4.78 is 13.1. The zero-order chi connectivity index (χ0) is 12.3. The molecule has 110 valence electrons. The van der Waals surface area contributed by atoms with E-state index >= 15 is 0 Å². The smallest absolute Gasteiger partial charge is 0.314 e. The van der Waals surface area contributed by atoms with Crippen molar-refractivity contribution in [3.8, 4) is 0 Å². The Labute approximate surface area is 127 Å². The van der Waals surface area contributed by atoms with Crippen LogP contribution in [-0.4, -0.2) is 42.7 Å². The normalized spacial score (nSPS) is 17.1. The third kappa shape index (κ3) is 4.54. The summed E-state index contributed by atoms with van der Waals surface area (Å²) >= 11 is 1.06. The average Bonchev–Trinajstić information content (AvgIpc) is 2.81. The number of hydrogen-bond donors (Lipinski definition) is 1. The monoisotopic (exact) mass is 331 g/mol. The molecule has 2 rings (SSSR count). The Morgan fingerprint density at radius 1 is 1.47 bits per heavy atom. The Kier molecular flexibility index (Phi) is 8.44. The molecule has 0 radical (unpaired) electrons. The molecule has 0 aliphatic carbocycles. The molecule has 0 spiro atoms. The number of nitrogens with one attached hydrogen (secondary N) is 1. The first-order chi connectivity index (χ1) is 8.22. The minimum absolute atomic E-state index is 0. The van der Waals surface area contributed by atoms with Gasteiger partial charge in [-0.2, -0.15) is 0 Å². The molecule has 0 saturated carbocycles. The summed E-state index contributed by atoms with van der Waals surface area (Å²) in [6.45, 7) is 2.72. The van der Waals surface area contributed by atoms with E-state index in [1.807, 2.05) is 4.90 Å². The van der Waals surface area contributed by atoms with E-state index in [1.165, 1.54) is 6.07 Å². The number of piperazine rings is 1. The molecule has 1 aromatic heterocycles. The standard InChI is InChI=1S/C10H14FN3O2S.2ClH/c11-6-9(13-3-1-12-2-4-13)8-5-10(14(15)16)17-7-8;;/h5,7,9,12H,1-4,6H2;2*1H/t9-;;/m0../s1.